The van der Waals surface area contributed by atoms with Gasteiger partial charge in [-0.05, 0) is 13.0 Å². The topological polar surface area (TPSA) is 91.6 Å². The first-order chi connectivity index (χ1) is 10.1. The molecule has 0 aliphatic carbocycles. The van der Waals surface area contributed by atoms with Gasteiger partial charge in [-0.25, -0.2) is 9.78 Å². The van der Waals surface area contributed by atoms with Gasteiger partial charge in [0.05, 0.1) is 18.1 Å². The fourth-order valence-corrected chi connectivity index (χ4v) is 2.45. The fourth-order valence-electron chi connectivity index (χ4n) is 2.45. The maximum Gasteiger partial charge on any atom is 0.357 e. The van der Waals surface area contributed by atoms with Gasteiger partial charge in [0, 0.05) is 23.4 Å². The maximum atomic E-state index is 12.0. The number of nitrogens with zero attached hydrogens (tertiary/aromatic N) is 2. The molecular weight excluding hydrogens is 276 g/mol. The van der Waals surface area contributed by atoms with Gasteiger partial charge in [-0.3, -0.25) is 10.1 Å². The molecule has 0 amide bonds. The summed E-state index contributed by atoms with van der Waals surface area (Å²) in [5, 5.41) is 11.7. The molecule has 0 saturated carbocycles. The SMILES string of the molecule is CCOC(=O)c1nc2c([N+](=O)[O-])cccc2c2c1CCO2. The van der Waals surface area contributed by atoms with E-state index in [0.29, 0.717) is 29.7 Å². The quantitative estimate of drug-likeness (QED) is 0.488. The Labute approximate surface area is 119 Å². The Morgan fingerprint density at radius 3 is 3.05 bits per heavy atom. The molecule has 21 heavy (non-hydrogen) atoms. The molecule has 0 radical (unpaired) electrons. The number of pyridine rings is 1. The van der Waals surface area contributed by atoms with Gasteiger partial charge >= 0.3 is 5.97 Å². The molecule has 3 rings (SSSR count). The monoisotopic (exact) mass is 288 g/mol. The van der Waals surface area contributed by atoms with E-state index in [1.807, 2.05) is 0 Å². The molecule has 0 atom stereocenters. The van der Waals surface area contributed by atoms with Crippen LogP contribution in [-0.2, 0) is 11.2 Å². The Bertz CT molecular complexity index is 757. The smallest absolute Gasteiger partial charge is 0.357 e. The molecule has 0 unspecified atom stereocenters. The van der Waals surface area contributed by atoms with Crippen molar-refractivity contribution in [2.75, 3.05) is 13.2 Å². The highest BCUT2D eigenvalue weighted by molar-refractivity contribution is 5.99. The lowest BCUT2D eigenvalue weighted by atomic mass is 10.1. The van der Waals surface area contributed by atoms with E-state index in [0.717, 1.165) is 0 Å². The van der Waals surface area contributed by atoms with E-state index in [1.165, 1.54) is 6.07 Å². The van der Waals surface area contributed by atoms with E-state index >= 15 is 0 Å². The third-order valence-electron chi connectivity index (χ3n) is 3.31. The van der Waals surface area contributed by atoms with E-state index < -0.39 is 10.9 Å². The van der Waals surface area contributed by atoms with Crippen LogP contribution in [0.3, 0.4) is 0 Å². The van der Waals surface area contributed by atoms with Gasteiger partial charge in [0.1, 0.15) is 5.75 Å². The van der Waals surface area contributed by atoms with Crippen molar-refractivity contribution in [1.82, 2.24) is 4.98 Å². The van der Waals surface area contributed by atoms with Gasteiger partial charge in [-0.1, -0.05) is 6.07 Å². The van der Waals surface area contributed by atoms with Crippen molar-refractivity contribution in [3.8, 4) is 5.75 Å². The van der Waals surface area contributed by atoms with E-state index in [9.17, 15) is 14.9 Å². The van der Waals surface area contributed by atoms with E-state index in [1.54, 1.807) is 19.1 Å². The van der Waals surface area contributed by atoms with Crippen molar-refractivity contribution in [3.63, 3.8) is 0 Å². The summed E-state index contributed by atoms with van der Waals surface area (Å²) in [7, 11) is 0. The Morgan fingerprint density at radius 2 is 2.33 bits per heavy atom. The zero-order chi connectivity index (χ0) is 15.0. The van der Waals surface area contributed by atoms with Gasteiger partial charge in [0.15, 0.2) is 11.2 Å². The van der Waals surface area contributed by atoms with Crippen molar-refractivity contribution < 1.29 is 19.2 Å². The Balaban J connectivity index is 2.32. The molecule has 2 aromatic rings. The van der Waals surface area contributed by atoms with Crippen LogP contribution in [0.2, 0.25) is 0 Å². The Hall–Kier alpha value is -2.70. The molecule has 0 fully saturated rings. The molecule has 0 bridgehead atoms. The van der Waals surface area contributed by atoms with Crippen LogP contribution in [0, 0.1) is 10.1 Å². The zero-order valence-electron chi connectivity index (χ0n) is 11.3. The summed E-state index contributed by atoms with van der Waals surface area (Å²) in [6.07, 6.45) is 0.537. The second kappa shape index (κ2) is 5.01. The standard InChI is InChI=1S/C14H12N2O5/c1-2-20-14(17)12-9-6-7-21-13(9)8-4-3-5-10(16(18)19)11(8)15-12/h3-5H,2,6-7H2,1H3. The molecule has 1 aliphatic rings. The van der Waals surface area contributed by atoms with Crippen molar-refractivity contribution in [1.29, 1.82) is 0 Å². The first kappa shape index (κ1) is 13.3. The zero-order valence-corrected chi connectivity index (χ0v) is 11.3. The van der Waals surface area contributed by atoms with Crippen LogP contribution in [0.15, 0.2) is 18.2 Å². The van der Waals surface area contributed by atoms with Crippen LogP contribution < -0.4 is 4.74 Å². The fraction of sp³-hybridized carbons (Fsp3) is 0.286. The summed E-state index contributed by atoms with van der Waals surface area (Å²) in [6, 6.07) is 4.63. The van der Waals surface area contributed by atoms with Gasteiger partial charge < -0.3 is 9.47 Å². The highest BCUT2D eigenvalue weighted by Crippen LogP contribution is 2.38. The van der Waals surface area contributed by atoms with Crippen LogP contribution in [0.1, 0.15) is 23.0 Å². The number of nitro benzene ring substituents is 1. The highest BCUT2D eigenvalue weighted by atomic mass is 16.6. The lowest BCUT2D eigenvalue weighted by Gasteiger charge is -2.09. The number of fused-ring (bicyclic) bond motifs is 3. The number of nitro groups is 1. The van der Waals surface area contributed by atoms with Gasteiger partial charge in [0.2, 0.25) is 0 Å². The van der Waals surface area contributed by atoms with Gasteiger partial charge in [0.25, 0.3) is 5.69 Å². The molecule has 0 saturated heterocycles. The summed E-state index contributed by atoms with van der Waals surface area (Å²) >= 11 is 0. The van der Waals surface area contributed by atoms with Crippen molar-refractivity contribution in [3.05, 3.63) is 39.6 Å². The second-order valence-electron chi connectivity index (χ2n) is 4.52. The number of aromatic nitrogens is 1. The number of carbonyl (C=O) groups excluding carboxylic acids is 1. The molecule has 1 aromatic heterocycles. The summed E-state index contributed by atoms with van der Waals surface area (Å²) in [5.41, 5.74) is 0.746. The number of carbonyl (C=O) groups is 1. The predicted octanol–water partition coefficient (Wildman–Crippen LogP) is 2.25. The summed E-state index contributed by atoms with van der Waals surface area (Å²) in [6.45, 7) is 2.33. The number of benzene rings is 1. The maximum absolute atomic E-state index is 12.0. The highest BCUT2D eigenvalue weighted by Gasteiger charge is 2.28. The van der Waals surface area contributed by atoms with Crippen molar-refractivity contribution in [2.45, 2.75) is 13.3 Å². The minimum atomic E-state index is -0.584. The summed E-state index contributed by atoms with van der Waals surface area (Å²) < 4.78 is 10.5. The molecular formula is C14H12N2O5. The number of para-hydroxylation sites is 1. The molecule has 7 heteroatoms. The van der Waals surface area contributed by atoms with Crippen LogP contribution in [0.4, 0.5) is 5.69 Å². The van der Waals surface area contributed by atoms with Crippen molar-refractivity contribution in [2.24, 2.45) is 0 Å². The third-order valence-corrected chi connectivity index (χ3v) is 3.31. The van der Waals surface area contributed by atoms with Crippen molar-refractivity contribution >= 4 is 22.6 Å². The summed E-state index contributed by atoms with van der Waals surface area (Å²) in [4.78, 5) is 26.8. The molecule has 2 heterocycles. The van der Waals surface area contributed by atoms with Crippen LogP contribution in [0.25, 0.3) is 10.9 Å². The Kier molecular flexibility index (Phi) is 3.17. The molecule has 1 aliphatic heterocycles. The third kappa shape index (κ3) is 2.06. The average molecular weight is 288 g/mol. The first-order valence-corrected chi connectivity index (χ1v) is 6.53. The largest absolute Gasteiger partial charge is 0.492 e. The van der Waals surface area contributed by atoms with Crippen LogP contribution in [-0.4, -0.2) is 29.1 Å². The van der Waals surface area contributed by atoms with Crippen LogP contribution in [0.5, 0.6) is 5.75 Å². The predicted molar refractivity (Wildman–Crippen MR) is 73.6 cm³/mol. The number of esters is 1. The number of hydrogen-bond acceptors (Lipinski definition) is 6. The van der Waals surface area contributed by atoms with Gasteiger partial charge in [-0.15, -0.1) is 0 Å². The van der Waals surface area contributed by atoms with Gasteiger partial charge in [-0.2, -0.15) is 0 Å². The molecule has 7 nitrogen and oxygen atoms in total. The van der Waals surface area contributed by atoms with E-state index in [4.69, 9.17) is 9.47 Å². The molecule has 108 valence electrons. The normalized spacial score (nSPS) is 12.8. The number of hydrogen-bond donors (Lipinski definition) is 0. The Morgan fingerprint density at radius 1 is 1.52 bits per heavy atom. The number of rotatable bonds is 3. The lowest BCUT2D eigenvalue weighted by molar-refractivity contribution is -0.383. The minimum Gasteiger partial charge on any atom is -0.492 e. The average Bonchev–Trinajstić information content (AvgIpc) is 2.95. The molecule has 0 N–H and O–H groups in total. The molecule has 1 aromatic carbocycles. The lowest BCUT2D eigenvalue weighted by Crippen LogP contribution is -2.10. The summed E-state index contributed by atoms with van der Waals surface area (Å²) in [5.74, 6) is -0.0916. The minimum absolute atomic E-state index is 0.103. The number of non-ortho nitro benzene ring substituents is 1. The molecule has 0 spiro atoms. The van der Waals surface area contributed by atoms with E-state index in [2.05, 4.69) is 4.98 Å². The van der Waals surface area contributed by atoms with E-state index in [-0.39, 0.29) is 23.5 Å². The first-order valence-electron chi connectivity index (χ1n) is 6.53. The second-order valence-corrected chi connectivity index (χ2v) is 4.52. The number of ether oxygens (including phenoxy) is 2. The van der Waals surface area contributed by atoms with Crippen LogP contribution >= 0.6 is 0 Å².